The summed E-state index contributed by atoms with van der Waals surface area (Å²) in [6.07, 6.45) is 1.22. The molecule has 78 valence electrons. The predicted molar refractivity (Wildman–Crippen MR) is 60.7 cm³/mol. The van der Waals surface area contributed by atoms with Crippen LogP contribution in [0.5, 0.6) is 0 Å². The van der Waals surface area contributed by atoms with Crippen molar-refractivity contribution in [1.29, 1.82) is 0 Å². The number of furan rings is 1. The van der Waals surface area contributed by atoms with Gasteiger partial charge in [0.1, 0.15) is 0 Å². The van der Waals surface area contributed by atoms with Crippen LogP contribution in [0.4, 0.5) is 0 Å². The summed E-state index contributed by atoms with van der Waals surface area (Å²) < 4.78 is 5.03. The molecular weight excluding hydrogens is 232 g/mol. The number of hydrogen-bond acceptors (Lipinski definition) is 3. The molecule has 0 spiro atoms. The Labute approximate surface area is 96.5 Å². The molecule has 2 rings (SSSR count). The number of thiophene rings is 1. The first-order chi connectivity index (χ1) is 7.25. The summed E-state index contributed by atoms with van der Waals surface area (Å²) in [7, 11) is 0. The first kappa shape index (κ1) is 10.5. The van der Waals surface area contributed by atoms with E-state index in [1.165, 1.54) is 4.88 Å². The van der Waals surface area contributed by atoms with E-state index in [-0.39, 0.29) is 11.0 Å². The lowest BCUT2D eigenvalue weighted by atomic mass is 10.1. The third kappa shape index (κ3) is 2.70. The van der Waals surface area contributed by atoms with Crippen LogP contribution in [0, 0.1) is 0 Å². The Bertz CT molecular complexity index is 445. The Morgan fingerprint density at radius 2 is 2.27 bits per heavy atom. The highest BCUT2D eigenvalue weighted by molar-refractivity contribution is 7.09. The molecule has 0 radical (unpaired) electrons. The number of carbonyl (C=O) groups is 1. The van der Waals surface area contributed by atoms with Crippen molar-refractivity contribution in [2.45, 2.75) is 12.8 Å². The van der Waals surface area contributed by atoms with Crippen molar-refractivity contribution in [1.82, 2.24) is 0 Å². The van der Waals surface area contributed by atoms with Crippen molar-refractivity contribution in [2.24, 2.45) is 0 Å². The standard InChI is InChI=1S/C11H9ClO2S/c12-11-6-5-10(14-11)9(13)4-3-8-2-1-7-15-8/h1-2,5-7H,3-4H2. The highest BCUT2D eigenvalue weighted by Gasteiger charge is 2.10. The van der Waals surface area contributed by atoms with Crippen LogP contribution < -0.4 is 0 Å². The first-order valence-corrected chi connectivity index (χ1v) is 5.82. The summed E-state index contributed by atoms with van der Waals surface area (Å²) in [6, 6.07) is 7.19. The number of hydrogen-bond donors (Lipinski definition) is 0. The molecule has 0 aromatic carbocycles. The van der Waals surface area contributed by atoms with Gasteiger partial charge >= 0.3 is 0 Å². The molecule has 0 amide bonds. The lowest BCUT2D eigenvalue weighted by Gasteiger charge is -1.95. The van der Waals surface area contributed by atoms with Gasteiger partial charge in [-0.05, 0) is 41.6 Å². The van der Waals surface area contributed by atoms with Crippen molar-refractivity contribution in [2.75, 3.05) is 0 Å². The third-order valence-electron chi connectivity index (χ3n) is 2.03. The Hall–Kier alpha value is -1.06. The fourth-order valence-corrected chi connectivity index (χ4v) is 2.13. The van der Waals surface area contributed by atoms with Gasteiger partial charge in [-0.3, -0.25) is 4.79 Å². The van der Waals surface area contributed by atoms with Crippen LogP contribution in [0.1, 0.15) is 21.9 Å². The van der Waals surface area contributed by atoms with E-state index in [1.54, 1.807) is 23.5 Å². The molecule has 0 fully saturated rings. The Morgan fingerprint density at radius 1 is 1.40 bits per heavy atom. The van der Waals surface area contributed by atoms with Crippen LogP contribution in [0.25, 0.3) is 0 Å². The summed E-state index contributed by atoms with van der Waals surface area (Å²) >= 11 is 7.24. The summed E-state index contributed by atoms with van der Waals surface area (Å²) in [4.78, 5) is 12.8. The summed E-state index contributed by atoms with van der Waals surface area (Å²) in [5.41, 5.74) is 0. The molecule has 2 aromatic heterocycles. The van der Waals surface area contributed by atoms with Gasteiger partial charge in [0.15, 0.2) is 16.8 Å². The summed E-state index contributed by atoms with van der Waals surface area (Å²) in [5, 5.41) is 2.26. The van der Waals surface area contributed by atoms with Crippen LogP contribution in [0.2, 0.25) is 5.22 Å². The van der Waals surface area contributed by atoms with E-state index in [4.69, 9.17) is 16.0 Å². The summed E-state index contributed by atoms with van der Waals surface area (Å²) in [6.45, 7) is 0. The average molecular weight is 241 g/mol. The van der Waals surface area contributed by atoms with Crippen molar-refractivity contribution < 1.29 is 9.21 Å². The van der Waals surface area contributed by atoms with Gasteiger partial charge in [-0.1, -0.05) is 6.07 Å². The SMILES string of the molecule is O=C(CCc1cccs1)c1ccc(Cl)o1. The third-order valence-corrected chi connectivity index (χ3v) is 3.17. The second-order valence-corrected chi connectivity index (χ2v) is 4.51. The molecule has 15 heavy (non-hydrogen) atoms. The topological polar surface area (TPSA) is 30.2 Å². The minimum Gasteiger partial charge on any atom is -0.442 e. The molecule has 4 heteroatoms. The van der Waals surface area contributed by atoms with E-state index in [0.717, 1.165) is 6.42 Å². The van der Waals surface area contributed by atoms with Gasteiger partial charge in [-0.15, -0.1) is 11.3 Å². The van der Waals surface area contributed by atoms with Crippen molar-refractivity contribution >= 4 is 28.7 Å². The number of halogens is 1. The number of Topliss-reactive ketones (excluding diaryl/α,β-unsaturated/α-hetero) is 1. The van der Waals surface area contributed by atoms with Crippen LogP contribution >= 0.6 is 22.9 Å². The van der Waals surface area contributed by atoms with E-state index in [9.17, 15) is 4.79 Å². The molecule has 0 saturated heterocycles. The highest BCUT2D eigenvalue weighted by atomic mass is 35.5. The molecule has 2 nitrogen and oxygen atoms in total. The lowest BCUT2D eigenvalue weighted by molar-refractivity contribution is 0.0956. The first-order valence-electron chi connectivity index (χ1n) is 4.56. The molecule has 0 aliphatic heterocycles. The van der Waals surface area contributed by atoms with Crippen molar-refractivity contribution in [3.05, 3.63) is 45.5 Å². The van der Waals surface area contributed by atoms with E-state index < -0.39 is 0 Å². The smallest absolute Gasteiger partial charge is 0.198 e. The molecule has 0 unspecified atom stereocenters. The normalized spacial score (nSPS) is 10.5. The van der Waals surface area contributed by atoms with Gasteiger partial charge in [0, 0.05) is 11.3 Å². The molecule has 0 atom stereocenters. The van der Waals surface area contributed by atoms with E-state index in [0.29, 0.717) is 12.2 Å². The van der Waals surface area contributed by atoms with E-state index >= 15 is 0 Å². The minimum absolute atomic E-state index is 0.00435. The van der Waals surface area contributed by atoms with Gasteiger partial charge in [-0.2, -0.15) is 0 Å². The van der Waals surface area contributed by atoms with Gasteiger partial charge in [0.05, 0.1) is 0 Å². The van der Waals surface area contributed by atoms with E-state index in [1.807, 2.05) is 17.5 Å². The Balaban J connectivity index is 1.93. The number of aryl methyl sites for hydroxylation is 1. The maximum Gasteiger partial charge on any atom is 0.198 e. The van der Waals surface area contributed by atoms with E-state index in [2.05, 4.69) is 0 Å². The lowest BCUT2D eigenvalue weighted by Crippen LogP contribution is -1.98. The number of rotatable bonds is 4. The molecule has 0 N–H and O–H groups in total. The van der Waals surface area contributed by atoms with Crippen LogP contribution in [-0.2, 0) is 6.42 Å². The quantitative estimate of drug-likeness (QED) is 0.761. The molecular formula is C11H9ClO2S. The zero-order valence-corrected chi connectivity index (χ0v) is 9.48. The largest absolute Gasteiger partial charge is 0.442 e. The highest BCUT2D eigenvalue weighted by Crippen LogP contribution is 2.17. The van der Waals surface area contributed by atoms with Gasteiger partial charge < -0.3 is 4.42 Å². The maximum absolute atomic E-state index is 11.6. The number of carbonyl (C=O) groups excluding carboxylic acids is 1. The molecule has 2 aromatic rings. The zero-order chi connectivity index (χ0) is 10.7. The monoisotopic (exact) mass is 240 g/mol. The van der Waals surface area contributed by atoms with Crippen LogP contribution in [-0.4, -0.2) is 5.78 Å². The van der Waals surface area contributed by atoms with Gasteiger partial charge in [0.2, 0.25) is 0 Å². The number of ketones is 1. The van der Waals surface area contributed by atoms with Crippen molar-refractivity contribution in [3.63, 3.8) is 0 Å². The van der Waals surface area contributed by atoms with Crippen LogP contribution in [0.3, 0.4) is 0 Å². The van der Waals surface area contributed by atoms with Gasteiger partial charge in [-0.25, -0.2) is 0 Å². The molecule has 2 heterocycles. The van der Waals surface area contributed by atoms with Crippen LogP contribution in [0.15, 0.2) is 34.1 Å². The average Bonchev–Trinajstić information content (AvgIpc) is 2.84. The molecule has 0 aliphatic carbocycles. The van der Waals surface area contributed by atoms with Crippen molar-refractivity contribution in [3.8, 4) is 0 Å². The zero-order valence-electron chi connectivity index (χ0n) is 7.90. The molecule has 0 bridgehead atoms. The second-order valence-electron chi connectivity index (χ2n) is 3.11. The fraction of sp³-hybridized carbons (Fsp3) is 0.182. The molecule has 0 saturated carbocycles. The second kappa shape index (κ2) is 4.64. The Kier molecular flexibility index (Phi) is 3.23. The maximum atomic E-state index is 11.6. The van der Waals surface area contributed by atoms with Gasteiger partial charge in [0.25, 0.3) is 0 Å². The Morgan fingerprint density at radius 3 is 2.87 bits per heavy atom. The predicted octanol–water partition coefficient (Wildman–Crippen LogP) is 3.81. The summed E-state index contributed by atoms with van der Waals surface area (Å²) in [5.74, 6) is 0.340. The fourth-order valence-electron chi connectivity index (χ4n) is 1.28. The molecule has 0 aliphatic rings. The minimum atomic E-state index is -0.00435.